The van der Waals surface area contributed by atoms with Gasteiger partial charge in [0.2, 0.25) is 11.8 Å². The molecule has 0 spiro atoms. The van der Waals surface area contributed by atoms with Gasteiger partial charge in [-0.15, -0.1) is 0 Å². The van der Waals surface area contributed by atoms with Crippen LogP contribution in [0.5, 0.6) is 0 Å². The molecule has 160 valence electrons. The maximum Gasteiger partial charge on any atom is 0.222 e. The van der Waals surface area contributed by atoms with Gasteiger partial charge in [0.05, 0.1) is 0 Å². The van der Waals surface area contributed by atoms with Crippen molar-refractivity contribution in [2.75, 3.05) is 26.2 Å². The number of carbonyl (C=O) groups is 3. The molecule has 2 rings (SSSR count). The van der Waals surface area contributed by atoms with Gasteiger partial charge in [-0.2, -0.15) is 0 Å². The molecule has 2 amide bonds. The molecule has 5 nitrogen and oxygen atoms in total. The zero-order chi connectivity index (χ0) is 21.2. The third kappa shape index (κ3) is 6.98. The Bertz CT molecular complexity index is 670. The Morgan fingerprint density at radius 2 is 1.55 bits per heavy atom. The normalized spacial score (nSPS) is 14.7. The van der Waals surface area contributed by atoms with Crippen molar-refractivity contribution in [3.8, 4) is 0 Å². The summed E-state index contributed by atoms with van der Waals surface area (Å²) < 4.78 is 0. The van der Waals surface area contributed by atoms with Crippen molar-refractivity contribution < 1.29 is 14.4 Å². The van der Waals surface area contributed by atoms with Crippen LogP contribution < -0.4 is 0 Å². The highest BCUT2D eigenvalue weighted by Crippen LogP contribution is 2.23. The van der Waals surface area contributed by atoms with Crippen LogP contribution in [0.25, 0.3) is 0 Å². The number of nitrogens with zero attached hydrogens (tertiary/aromatic N) is 2. The fourth-order valence-electron chi connectivity index (χ4n) is 3.95. The van der Waals surface area contributed by atoms with Gasteiger partial charge >= 0.3 is 0 Å². The third-order valence-corrected chi connectivity index (χ3v) is 5.68. The van der Waals surface area contributed by atoms with Gasteiger partial charge in [-0.1, -0.05) is 43.7 Å². The average Bonchev–Trinajstić information content (AvgIpc) is 2.73. The molecule has 1 heterocycles. The van der Waals surface area contributed by atoms with Crippen LogP contribution in [0.2, 0.25) is 0 Å². The Labute approximate surface area is 175 Å². The molecule has 1 saturated heterocycles. The lowest BCUT2D eigenvalue weighted by Crippen LogP contribution is -2.40. The molecule has 0 atom stereocenters. The Kier molecular flexibility index (Phi) is 9.36. The molecule has 29 heavy (non-hydrogen) atoms. The second kappa shape index (κ2) is 11.7. The van der Waals surface area contributed by atoms with Crippen molar-refractivity contribution in [1.29, 1.82) is 0 Å². The van der Waals surface area contributed by atoms with E-state index in [1.807, 2.05) is 41.0 Å². The number of benzene rings is 1. The van der Waals surface area contributed by atoms with Gasteiger partial charge in [-0.3, -0.25) is 14.4 Å². The topological polar surface area (TPSA) is 57.7 Å². The summed E-state index contributed by atoms with van der Waals surface area (Å²) in [4.78, 5) is 41.2. The summed E-state index contributed by atoms with van der Waals surface area (Å²) >= 11 is 0. The molecule has 1 aliphatic rings. The molecule has 0 aromatic heterocycles. The van der Waals surface area contributed by atoms with Crippen LogP contribution in [-0.4, -0.2) is 53.6 Å². The van der Waals surface area contributed by atoms with Crippen molar-refractivity contribution in [2.24, 2.45) is 5.92 Å². The van der Waals surface area contributed by atoms with E-state index in [1.165, 1.54) is 0 Å². The molecule has 1 aliphatic heterocycles. The van der Waals surface area contributed by atoms with E-state index in [0.717, 1.165) is 49.9 Å². The van der Waals surface area contributed by atoms with E-state index >= 15 is 0 Å². The Balaban J connectivity index is 1.73. The molecule has 0 radical (unpaired) electrons. The van der Waals surface area contributed by atoms with Crippen LogP contribution >= 0.6 is 0 Å². The van der Waals surface area contributed by atoms with Crippen LogP contribution in [0.3, 0.4) is 0 Å². The summed E-state index contributed by atoms with van der Waals surface area (Å²) in [5.74, 6) is 0.454. The molecule has 1 fully saturated rings. The van der Waals surface area contributed by atoms with E-state index < -0.39 is 0 Å². The minimum absolute atomic E-state index is 0.0000187. The highest BCUT2D eigenvalue weighted by atomic mass is 16.2. The monoisotopic (exact) mass is 400 g/mol. The number of Topliss-reactive ketones (excluding diaryl/α,β-unsaturated/α-hetero) is 1. The molecule has 1 aromatic carbocycles. The lowest BCUT2D eigenvalue weighted by Gasteiger charge is -2.31. The first-order chi connectivity index (χ1) is 14.0. The molecular formula is C24H36N2O3. The van der Waals surface area contributed by atoms with Crippen LogP contribution in [0.1, 0.15) is 74.7 Å². The smallest absolute Gasteiger partial charge is 0.222 e. The summed E-state index contributed by atoms with van der Waals surface area (Å²) in [6, 6.07) is 7.73. The van der Waals surface area contributed by atoms with E-state index in [0.29, 0.717) is 32.4 Å². The first kappa shape index (κ1) is 23.1. The molecule has 1 aromatic rings. The SMILES string of the molecule is CCCN(CCC)C(=O)CCCC(=O)N1CCC(C(=O)c2ccc(C)cc2)CC1. The van der Waals surface area contributed by atoms with E-state index in [2.05, 4.69) is 13.8 Å². The lowest BCUT2D eigenvalue weighted by atomic mass is 9.88. The van der Waals surface area contributed by atoms with Gasteiger partial charge in [0.1, 0.15) is 0 Å². The van der Waals surface area contributed by atoms with Gasteiger partial charge in [0, 0.05) is 50.5 Å². The molecule has 0 bridgehead atoms. The average molecular weight is 401 g/mol. The second-order valence-corrected chi connectivity index (χ2v) is 8.12. The molecule has 0 N–H and O–H groups in total. The standard InChI is InChI=1S/C24H36N2O3/c1-4-15-25(16-5-2)22(27)7-6-8-23(28)26-17-13-21(14-18-26)24(29)20-11-9-19(3)10-12-20/h9-12,21H,4-8,13-18H2,1-3H3. The maximum atomic E-state index is 12.7. The number of likely N-dealkylation sites (tertiary alicyclic amines) is 1. The Morgan fingerprint density at radius 3 is 2.10 bits per heavy atom. The summed E-state index contributed by atoms with van der Waals surface area (Å²) in [7, 11) is 0. The molecular weight excluding hydrogens is 364 g/mol. The van der Waals surface area contributed by atoms with Gasteiger partial charge in [-0.25, -0.2) is 0 Å². The first-order valence-electron chi connectivity index (χ1n) is 11.1. The van der Waals surface area contributed by atoms with Crippen molar-refractivity contribution in [3.05, 3.63) is 35.4 Å². The summed E-state index contributed by atoms with van der Waals surface area (Å²) in [5, 5.41) is 0. The highest BCUT2D eigenvalue weighted by molar-refractivity contribution is 5.98. The lowest BCUT2D eigenvalue weighted by molar-refractivity contribution is -0.133. The predicted molar refractivity (Wildman–Crippen MR) is 116 cm³/mol. The van der Waals surface area contributed by atoms with Gasteiger partial charge in [0.25, 0.3) is 0 Å². The van der Waals surface area contributed by atoms with Crippen molar-refractivity contribution in [1.82, 2.24) is 9.80 Å². The number of hydrogen-bond acceptors (Lipinski definition) is 3. The molecule has 0 unspecified atom stereocenters. The van der Waals surface area contributed by atoms with Crippen LogP contribution in [0.15, 0.2) is 24.3 Å². The van der Waals surface area contributed by atoms with Gasteiger partial charge in [-0.05, 0) is 39.0 Å². The molecule has 5 heteroatoms. The van der Waals surface area contributed by atoms with Crippen LogP contribution in [0, 0.1) is 12.8 Å². The zero-order valence-corrected chi connectivity index (χ0v) is 18.3. The summed E-state index contributed by atoms with van der Waals surface area (Å²) in [5.41, 5.74) is 1.91. The quantitative estimate of drug-likeness (QED) is 0.552. The largest absolute Gasteiger partial charge is 0.343 e. The number of piperidine rings is 1. The number of amides is 2. The number of hydrogen-bond donors (Lipinski definition) is 0. The fourth-order valence-corrected chi connectivity index (χ4v) is 3.95. The van der Waals surface area contributed by atoms with Crippen LogP contribution in [0.4, 0.5) is 0 Å². The van der Waals surface area contributed by atoms with E-state index in [-0.39, 0.29) is 23.5 Å². The minimum atomic E-state index is -0.0000187. The first-order valence-corrected chi connectivity index (χ1v) is 11.1. The number of rotatable bonds is 10. The minimum Gasteiger partial charge on any atom is -0.343 e. The van der Waals surface area contributed by atoms with Crippen molar-refractivity contribution in [2.45, 2.75) is 65.7 Å². The van der Waals surface area contributed by atoms with E-state index in [1.54, 1.807) is 0 Å². The predicted octanol–water partition coefficient (Wildman–Crippen LogP) is 4.24. The molecule has 0 saturated carbocycles. The number of ketones is 1. The van der Waals surface area contributed by atoms with Crippen LogP contribution in [-0.2, 0) is 9.59 Å². The zero-order valence-electron chi connectivity index (χ0n) is 18.3. The molecule has 0 aliphatic carbocycles. The van der Waals surface area contributed by atoms with E-state index in [4.69, 9.17) is 0 Å². The summed E-state index contributed by atoms with van der Waals surface area (Å²) in [6.07, 6.45) is 4.81. The maximum absolute atomic E-state index is 12.7. The Morgan fingerprint density at radius 1 is 0.966 bits per heavy atom. The van der Waals surface area contributed by atoms with Gasteiger partial charge in [0.15, 0.2) is 5.78 Å². The summed E-state index contributed by atoms with van der Waals surface area (Å²) in [6.45, 7) is 9.02. The third-order valence-electron chi connectivity index (χ3n) is 5.68. The van der Waals surface area contributed by atoms with Crippen molar-refractivity contribution in [3.63, 3.8) is 0 Å². The van der Waals surface area contributed by atoms with E-state index in [9.17, 15) is 14.4 Å². The Hall–Kier alpha value is -2.17. The highest BCUT2D eigenvalue weighted by Gasteiger charge is 2.27. The van der Waals surface area contributed by atoms with Crippen molar-refractivity contribution >= 4 is 17.6 Å². The fraction of sp³-hybridized carbons (Fsp3) is 0.625. The van der Waals surface area contributed by atoms with Gasteiger partial charge < -0.3 is 9.80 Å². The number of carbonyl (C=O) groups excluding carboxylic acids is 3. The second-order valence-electron chi connectivity index (χ2n) is 8.12. The number of aryl methyl sites for hydroxylation is 1.